The summed E-state index contributed by atoms with van der Waals surface area (Å²) in [5, 5.41) is 8.60. The Morgan fingerprint density at radius 2 is 2.07 bits per heavy atom. The zero-order chi connectivity index (χ0) is 10.8. The van der Waals surface area contributed by atoms with Gasteiger partial charge in [0.05, 0.1) is 17.9 Å². The van der Waals surface area contributed by atoms with Crippen molar-refractivity contribution in [2.75, 3.05) is 0 Å². The van der Waals surface area contributed by atoms with Gasteiger partial charge >= 0.3 is 6.18 Å². The molecule has 0 spiro atoms. The van der Waals surface area contributed by atoms with Gasteiger partial charge in [-0.3, -0.25) is 4.79 Å². The van der Waals surface area contributed by atoms with Crippen molar-refractivity contribution in [3.8, 4) is 0 Å². The molecule has 0 aliphatic carbocycles. The second-order valence-electron chi connectivity index (χ2n) is 2.55. The Bertz CT molecular complexity index is 349. The van der Waals surface area contributed by atoms with E-state index in [-0.39, 0.29) is 17.7 Å². The zero-order valence-corrected chi connectivity index (χ0v) is 6.88. The molecule has 0 fully saturated rings. The molecule has 3 nitrogen and oxygen atoms in total. The van der Waals surface area contributed by atoms with Crippen molar-refractivity contribution in [2.24, 2.45) is 0 Å². The smallest absolute Gasteiger partial charge is 0.390 e. The van der Waals surface area contributed by atoms with E-state index in [4.69, 9.17) is 5.11 Å². The highest BCUT2D eigenvalue weighted by molar-refractivity contribution is 5.72. The molecule has 1 rings (SSSR count). The Morgan fingerprint density at radius 1 is 1.43 bits per heavy atom. The van der Waals surface area contributed by atoms with Crippen LogP contribution in [0.25, 0.3) is 0 Å². The molecule has 0 saturated carbocycles. The van der Waals surface area contributed by atoms with E-state index >= 15 is 0 Å². The van der Waals surface area contributed by atoms with E-state index in [0.29, 0.717) is 12.1 Å². The summed E-state index contributed by atoms with van der Waals surface area (Å²) in [6, 6.07) is 1.33. The summed E-state index contributed by atoms with van der Waals surface area (Å²) in [6.07, 6.45) is -4.33. The minimum Gasteiger partial charge on any atom is -0.390 e. The predicted molar refractivity (Wildman–Crippen MR) is 40.5 cm³/mol. The molecule has 6 heteroatoms. The lowest BCUT2D eigenvalue weighted by Gasteiger charge is -2.07. The number of nitrogens with zero attached hydrogens (tertiary/aromatic N) is 1. The molecular formula is C8H6F3NO2. The standard InChI is InChI=1S/C8H6F3NO2/c9-8(10,11)5-1-6(3-13)12-7(2-5)4-14/h1-3,14H,4H2. The van der Waals surface area contributed by atoms with Gasteiger partial charge in [0.25, 0.3) is 0 Å². The van der Waals surface area contributed by atoms with Crippen LogP contribution in [0.2, 0.25) is 0 Å². The van der Waals surface area contributed by atoms with Crippen molar-refractivity contribution in [3.63, 3.8) is 0 Å². The quantitative estimate of drug-likeness (QED) is 0.742. The number of hydrogen-bond donors (Lipinski definition) is 1. The molecule has 0 unspecified atom stereocenters. The first-order valence-electron chi connectivity index (χ1n) is 3.61. The van der Waals surface area contributed by atoms with E-state index in [0.717, 1.165) is 0 Å². The summed E-state index contributed by atoms with van der Waals surface area (Å²) < 4.78 is 36.6. The Kier molecular flexibility index (Phi) is 2.85. The lowest BCUT2D eigenvalue weighted by molar-refractivity contribution is -0.137. The maximum atomic E-state index is 12.2. The highest BCUT2D eigenvalue weighted by Crippen LogP contribution is 2.29. The van der Waals surface area contributed by atoms with Crippen molar-refractivity contribution in [3.05, 3.63) is 29.1 Å². The lowest BCUT2D eigenvalue weighted by Crippen LogP contribution is -2.08. The second kappa shape index (κ2) is 3.75. The summed E-state index contributed by atoms with van der Waals surface area (Å²) in [5.74, 6) is 0. The maximum Gasteiger partial charge on any atom is 0.416 e. The van der Waals surface area contributed by atoms with Gasteiger partial charge < -0.3 is 5.11 Å². The van der Waals surface area contributed by atoms with Crippen molar-refractivity contribution < 1.29 is 23.1 Å². The van der Waals surface area contributed by atoms with Crippen LogP contribution in [-0.2, 0) is 12.8 Å². The predicted octanol–water partition coefficient (Wildman–Crippen LogP) is 1.41. The summed E-state index contributed by atoms with van der Waals surface area (Å²) in [5.41, 5.74) is -1.51. The fourth-order valence-electron chi connectivity index (χ4n) is 0.916. The second-order valence-corrected chi connectivity index (χ2v) is 2.55. The Labute approximate surface area is 77.2 Å². The number of aliphatic hydroxyl groups excluding tert-OH is 1. The number of aldehydes is 1. The number of alkyl halides is 3. The van der Waals surface area contributed by atoms with Gasteiger partial charge in [-0.1, -0.05) is 0 Å². The van der Waals surface area contributed by atoms with Crippen LogP contribution in [0.1, 0.15) is 21.7 Å². The molecule has 1 aromatic rings. The Morgan fingerprint density at radius 3 is 2.50 bits per heavy atom. The van der Waals surface area contributed by atoms with Crippen molar-refractivity contribution in [1.29, 1.82) is 0 Å². The maximum absolute atomic E-state index is 12.2. The lowest BCUT2D eigenvalue weighted by atomic mass is 10.2. The van der Waals surface area contributed by atoms with Gasteiger partial charge in [0.15, 0.2) is 6.29 Å². The number of aromatic nitrogens is 1. The summed E-state index contributed by atoms with van der Waals surface area (Å²) in [4.78, 5) is 13.7. The summed E-state index contributed by atoms with van der Waals surface area (Å²) in [6.45, 7) is -0.634. The SMILES string of the molecule is O=Cc1cc(C(F)(F)F)cc(CO)n1. The summed E-state index contributed by atoms with van der Waals surface area (Å²) in [7, 11) is 0. The normalized spacial score (nSPS) is 11.4. The van der Waals surface area contributed by atoms with Crippen LogP contribution in [0.15, 0.2) is 12.1 Å². The number of carbonyl (C=O) groups excluding carboxylic acids is 1. The minimum atomic E-state index is -4.54. The number of aliphatic hydroxyl groups is 1. The molecule has 0 amide bonds. The molecule has 0 bridgehead atoms. The third-order valence-electron chi connectivity index (χ3n) is 1.51. The summed E-state index contributed by atoms with van der Waals surface area (Å²) >= 11 is 0. The molecule has 14 heavy (non-hydrogen) atoms. The largest absolute Gasteiger partial charge is 0.416 e. The van der Waals surface area contributed by atoms with Gasteiger partial charge in [-0.05, 0) is 12.1 Å². The van der Waals surface area contributed by atoms with Crippen molar-refractivity contribution >= 4 is 6.29 Å². The number of rotatable bonds is 2. The van der Waals surface area contributed by atoms with E-state index in [2.05, 4.69) is 4.98 Å². The molecule has 0 aliphatic rings. The van der Waals surface area contributed by atoms with Gasteiger partial charge in [-0.2, -0.15) is 13.2 Å². The Balaban J connectivity index is 3.24. The van der Waals surface area contributed by atoms with Crippen LogP contribution < -0.4 is 0 Å². The van der Waals surface area contributed by atoms with Gasteiger partial charge in [-0.15, -0.1) is 0 Å². The minimum absolute atomic E-state index is 0.179. The molecule has 0 saturated heterocycles. The molecule has 0 aromatic carbocycles. The highest BCUT2D eigenvalue weighted by Gasteiger charge is 2.31. The monoisotopic (exact) mass is 205 g/mol. The topological polar surface area (TPSA) is 50.2 Å². The molecule has 1 N–H and O–H groups in total. The van der Waals surface area contributed by atoms with Crippen LogP contribution in [0.4, 0.5) is 13.2 Å². The average molecular weight is 205 g/mol. The first-order chi connectivity index (χ1) is 6.47. The third-order valence-corrected chi connectivity index (χ3v) is 1.51. The first kappa shape index (κ1) is 10.6. The fraction of sp³-hybridized carbons (Fsp3) is 0.250. The molecule has 0 radical (unpaired) electrons. The molecule has 76 valence electrons. The van der Waals surface area contributed by atoms with Crippen LogP contribution in [0, 0.1) is 0 Å². The van der Waals surface area contributed by atoms with Gasteiger partial charge in [0.1, 0.15) is 5.69 Å². The Hall–Kier alpha value is -1.43. The van der Waals surface area contributed by atoms with Crippen molar-refractivity contribution in [2.45, 2.75) is 12.8 Å². The third kappa shape index (κ3) is 2.29. The van der Waals surface area contributed by atoms with Crippen LogP contribution in [0.5, 0.6) is 0 Å². The molecule has 1 heterocycles. The molecule has 0 atom stereocenters. The van der Waals surface area contributed by atoms with Crippen LogP contribution >= 0.6 is 0 Å². The molecule has 0 aliphatic heterocycles. The zero-order valence-electron chi connectivity index (χ0n) is 6.88. The average Bonchev–Trinajstić information content (AvgIpc) is 2.15. The van der Waals surface area contributed by atoms with E-state index in [9.17, 15) is 18.0 Å². The van der Waals surface area contributed by atoms with E-state index < -0.39 is 18.3 Å². The van der Waals surface area contributed by atoms with Crippen molar-refractivity contribution in [1.82, 2.24) is 4.98 Å². The highest BCUT2D eigenvalue weighted by atomic mass is 19.4. The van der Waals surface area contributed by atoms with Gasteiger partial charge in [-0.25, -0.2) is 4.98 Å². The van der Waals surface area contributed by atoms with Gasteiger partial charge in [0, 0.05) is 0 Å². The number of pyridine rings is 1. The van der Waals surface area contributed by atoms with E-state index in [1.165, 1.54) is 0 Å². The van der Waals surface area contributed by atoms with Crippen LogP contribution in [-0.4, -0.2) is 16.4 Å². The molecule has 1 aromatic heterocycles. The first-order valence-corrected chi connectivity index (χ1v) is 3.61. The van der Waals surface area contributed by atoms with E-state index in [1.54, 1.807) is 0 Å². The van der Waals surface area contributed by atoms with Crippen LogP contribution in [0.3, 0.4) is 0 Å². The number of hydrogen-bond acceptors (Lipinski definition) is 3. The van der Waals surface area contributed by atoms with Gasteiger partial charge in [0.2, 0.25) is 0 Å². The molecular weight excluding hydrogens is 199 g/mol. The van der Waals surface area contributed by atoms with E-state index in [1.807, 2.05) is 0 Å². The fourth-order valence-corrected chi connectivity index (χ4v) is 0.916. The number of halogens is 3. The number of carbonyl (C=O) groups is 1.